The molecule has 1 atom stereocenters. The standard InChI is InChI=1S/C20H21N3OS2/c1-13-20(26-14(2)21-13)17-12-25-19(22-17)10-18(24)15-8-9-23(11-15)16-6-4-3-5-7-16/h3-7,12,15H,8-11H2,1-2H3. The molecule has 3 heterocycles. The van der Waals surface area contributed by atoms with Gasteiger partial charge in [-0.1, -0.05) is 18.2 Å². The number of aryl methyl sites for hydroxylation is 2. The van der Waals surface area contributed by atoms with Crippen LogP contribution in [0.2, 0.25) is 0 Å². The summed E-state index contributed by atoms with van der Waals surface area (Å²) in [6.45, 7) is 5.79. The Bertz CT molecular complexity index is 916. The molecular weight excluding hydrogens is 362 g/mol. The van der Waals surface area contributed by atoms with Gasteiger partial charge in [-0.3, -0.25) is 4.79 Å². The van der Waals surface area contributed by atoms with E-state index < -0.39 is 0 Å². The summed E-state index contributed by atoms with van der Waals surface area (Å²) in [5.74, 6) is 0.413. The van der Waals surface area contributed by atoms with Gasteiger partial charge in [-0.2, -0.15) is 0 Å². The predicted molar refractivity (Wildman–Crippen MR) is 108 cm³/mol. The molecule has 2 aromatic heterocycles. The lowest BCUT2D eigenvalue weighted by atomic mass is 10.0. The average Bonchev–Trinajstić information content (AvgIpc) is 3.35. The summed E-state index contributed by atoms with van der Waals surface area (Å²) in [5.41, 5.74) is 3.18. The van der Waals surface area contributed by atoms with E-state index in [0.717, 1.165) is 45.8 Å². The zero-order valence-corrected chi connectivity index (χ0v) is 16.6. The van der Waals surface area contributed by atoms with Crippen LogP contribution < -0.4 is 4.90 Å². The molecular formula is C20H21N3OS2. The van der Waals surface area contributed by atoms with Crippen LogP contribution in [0.4, 0.5) is 5.69 Å². The molecule has 26 heavy (non-hydrogen) atoms. The van der Waals surface area contributed by atoms with Crippen LogP contribution >= 0.6 is 22.7 Å². The smallest absolute Gasteiger partial charge is 0.144 e. The van der Waals surface area contributed by atoms with Gasteiger partial charge in [0.25, 0.3) is 0 Å². The second-order valence-electron chi connectivity index (χ2n) is 6.68. The van der Waals surface area contributed by atoms with Crippen LogP contribution in [0.15, 0.2) is 35.7 Å². The summed E-state index contributed by atoms with van der Waals surface area (Å²) in [6.07, 6.45) is 1.37. The zero-order chi connectivity index (χ0) is 18.1. The highest BCUT2D eigenvalue weighted by molar-refractivity contribution is 7.16. The Balaban J connectivity index is 1.41. The minimum atomic E-state index is 0.106. The molecule has 0 radical (unpaired) electrons. The largest absolute Gasteiger partial charge is 0.371 e. The topological polar surface area (TPSA) is 46.1 Å². The third-order valence-corrected chi connectivity index (χ3v) is 6.72. The van der Waals surface area contributed by atoms with Gasteiger partial charge in [0.05, 0.1) is 27.7 Å². The predicted octanol–water partition coefficient (Wildman–Crippen LogP) is 4.52. The monoisotopic (exact) mass is 383 g/mol. The maximum absolute atomic E-state index is 12.7. The quantitative estimate of drug-likeness (QED) is 0.650. The van der Waals surface area contributed by atoms with Gasteiger partial charge < -0.3 is 4.90 Å². The van der Waals surface area contributed by atoms with Crippen molar-refractivity contribution in [1.29, 1.82) is 0 Å². The van der Waals surface area contributed by atoms with E-state index in [9.17, 15) is 4.79 Å². The van der Waals surface area contributed by atoms with Crippen molar-refractivity contribution in [3.63, 3.8) is 0 Å². The molecule has 0 saturated carbocycles. The van der Waals surface area contributed by atoms with Crippen molar-refractivity contribution in [1.82, 2.24) is 9.97 Å². The molecule has 4 nitrogen and oxygen atoms in total. The number of carbonyl (C=O) groups is 1. The Morgan fingerprint density at radius 2 is 2.04 bits per heavy atom. The Morgan fingerprint density at radius 3 is 2.77 bits per heavy atom. The van der Waals surface area contributed by atoms with E-state index in [1.807, 2.05) is 37.4 Å². The Morgan fingerprint density at radius 1 is 1.23 bits per heavy atom. The first-order chi connectivity index (χ1) is 12.6. The molecule has 0 bridgehead atoms. The van der Waals surface area contributed by atoms with E-state index in [-0.39, 0.29) is 5.92 Å². The number of thiazole rings is 2. The summed E-state index contributed by atoms with van der Waals surface area (Å²) in [4.78, 5) is 25.3. The number of nitrogens with zero attached hydrogens (tertiary/aromatic N) is 3. The minimum absolute atomic E-state index is 0.106. The van der Waals surface area contributed by atoms with E-state index in [1.165, 1.54) is 5.69 Å². The number of para-hydroxylation sites is 1. The van der Waals surface area contributed by atoms with Crippen molar-refractivity contribution in [3.05, 3.63) is 51.4 Å². The molecule has 3 aromatic rings. The number of aromatic nitrogens is 2. The van der Waals surface area contributed by atoms with Gasteiger partial charge in [-0.25, -0.2) is 9.97 Å². The van der Waals surface area contributed by atoms with E-state index in [2.05, 4.69) is 22.0 Å². The first-order valence-electron chi connectivity index (χ1n) is 8.81. The van der Waals surface area contributed by atoms with E-state index >= 15 is 0 Å². The number of anilines is 1. The maximum Gasteiger partial charge on any atom is 0.144 e. The second kappa shape index (κ2) is 7.29. The van der Waals surface area contributed by atoms with Crippen molar-refractivity contribution in [2.45, 2.75) is 26.7 Å². The number of ketones is 1. The highest BCUT2D eigenvalue weighted by atomic mass is 32.1. The number of Topliss-reactive ketones (excluding diaryl/α,β-unsaturated/α-hetero) is 1. The molecule has 1 unspecified atom stereocenters. The lowest BCUT2D eigenvalue weighted by molar-refractivity contribution is -0.121. The highest BCUT2D eigenvalue weighted by Crippen LogP contribution is 2.31. The summed E-state index contributed by atoms with van der Waals surface area (Å²) in [6, 6.07) is 10.3. The van der Waals surface area contributed by atoms with Crippen molar-refractivity contribution >= 4 is 34.1 Å². The molecule has 4 rings (SSSR count). The van der Waals surface area contributed by atoms with Crippen LogP contribution in [0, 0.1) is 19.8 Å². The molecule has 0 N–H and O–H groups in total. The first-order valence-corrected chi connectivity index (χ1v) is 10.5. The van der Waals surface area contributed by atoms with Crippen LogP contribution in [-0.4, -0.2) is 28.8 Å². The van der Waals surface area contributed by atoms with Gasteiger partial charge in [0, 0.05) is 30.1 Å². The molecule has 1 saturated heterocycles. The normalized spacial score (nSPS) is 17.0. The molecule has 1 fully saturated rings. The molecule has 1 aromatic carbocycles. The van der Waals surface area contributed by atoms with E-state index in [4.69, 9.17) is 4.98 Å². The fourth-order valence-electron chi connectivity index (χ4n) is 3.46. The number of hydrogen-bond donors (Lipinski definition) is 0. The van der Waals surface area contributed by atoms with Crippen LogP contribution in [0.3, 0.4) is 0 Å². The summed E-state index contributed by atoms with van der Waals surface area (Å²) in [5, 5.41) is 4.01. The van der Waals surface area contributed by atoms with Crippen LogP contribution in [-0.2, 0) is 11.2 Å². The minimum Gasteiger partial charge on any atom is -0.371 e. The molecule has 6 heteroatoms. The van der Waals surface area contributed by atoms with Gasteiger partial charge >= 0.3 is 0 Å². The van der Waals surface area contributed by atoms with Crippen molar-refractivity contribution < 1.29 is 4.79 Å². The number of rotatable bonds is 5. The highest BCUT2D eigenvalue weighted by Gasteiger charge is 2.28. The van der Waals surface area contributed by atoms with E-state index in [0.29, 0.717) is 12.2 Å². The molecule has 1 aliphatic rings. The van der Waals surface area contributed by atoms with Gasteiger partial charge in [-0.15, -0.1) is 22.7 Å². The Hall–Kier alpha value is -2.05. The summed E-state index contributed by atoms with van der Waals surface area (Å²) < 4.78 is 0. The van der Waals surface area contributed by atoms with Crippen LogP contribution in [0.5, 0.6) is 0 Å². The van der Waals surface area contributed by atoms with E-state index in [1.54, 1.807) is 22.7 Å². The zero-order valence-electron chi connectivity index (χ0n) is 14.9. The Labute approximate surface area is 161 Å². The van der Waals surface area contributed by atoms with Crippen molar-refractivity contribution in [3.8, 4) is 10.6 Å². The summed E-state index contributed by atoms with van der Waals surface area (Å²) >= 11 is 3.24. The van der Waals surface area contributed by atoms with Gasteiger partial charge in [0.15, 0.2) is 0 Å². The van der Waals surface area contributed by atoms with Gasteiger partial charge in [0.1, 0.15) is 10.8 Å². The van der Waals surface area contributed by atoms with Gasteiger partial charge in [0.2, 0.25) is 0 Å². The Kier molecular flexibility index (Phi) is 4.87. The molecule has 0 amide bonds. The van der Waals surface area contributed by atoms with Crippen LogP contribution in [0.25, 0.3) is 10.6 Å². The first kappa shape index (κ1) is 17.4. The fraction of sp³-hybridized carbons (Fsp3) is 0.350. The van der Waals surface area contributed by atoms with Crippen molar-refractivity contribution in [2.75, 3.05) is 18.0 Å². The molecule has 0 aliphatic carbocycles. The van der Waals surface area contributed by atoms with Crippen molar-refractivity contribution in [2.24, 2.45) is 5.92 Å². The molecule has 1 aliphatic heterocycles. The SMILES string of the molecule is Cc1nc(C)c(-c2csc(CC(=O)C3CCN(c4ccccc4)C3)n2)s1. The lowest BCUT2D eigenvalue weighted by Crippen LogP contribution is -2.23. The molecule has 134 valence electrons. The maximum atomic E-state index is 12.7. The third kappa shape index (κ3) is 3.57. The van der Waals surface area contributed by atoms with Gasteiger partial charge in [-0.05, 0) is 32.4 Å². The van der Waals surface area contributed by atoms with Crippen LogP contribution in [0.1, 0.15) is 22.1 Å². The number of hydrogen-bond acceptors (Lipinski definition) is 6. The molecule has 0 spiro atoms. The lowest BCUT2D eigenvalue weighted by Gasteiger charge is -2.18. The summed E-state index contributed by atoms with van der Waals surface area (Å²) in [7, 11) is 0. The average molecular weight is 384 g/mol. The second-order valence-corrected chi connectivity index (χ2v) is 8.83. The fourth-order valence-corrected chi connectivity index (χ4v) is 5.21. The number of benzene rings is 1. The number of carbonyl (C=O) groups excluding carboxylic acids is 1. The third-order valence-electron chi connectivity index (χ3n) is 4.78.